The fraction of sp³-hybridized carbons (Fsp3) is 0.500. The molecule has 17 heavy (non-hydrogen) atoms. The molecule has 94 valence electrons. The van der Waals surface area contributed by atoms with E-state index in [1.807, 2.05) is 0 Å². The van der Waals surface area contributed by atoms with Crippen LogP contribution in [0.15, 0.2) is 18.2 Å². The normalized spacial score (nSPS) is 10.3. The first-order valence-corrected chi connectivity index (χ1v) is 6.05. The van der Waals surface area contributed by atoms with Crippen LogP contribution in [-0.2, 0) is 11.2 Å². The largest absolute Gasteiger partial charge is 0.465 e. The molecular weight excluding hydrogens is 219 g/mol. The maximum atomic E-state index is 13.6. The molecule has 0 unspecified atom stereocenters. The van der Waals surface area contributed by atoms with Crippen LogP contribution in [0.5, 0.6) is 0 Å². The van der Waals surface area contributed by atoms with Crippen molar-refractivity contribution in [2.45, 2.75) is 39.0 Å². The number of benzene rings is 1. The highest BCUT2D eigenvalue weighted by atomic mass is 19.1. The zero-order valence-corrected chi connectivity index (χ0v) is 10.5. The number of hydrogen-bond donors (Lipinski definition) is 0. The van der Waals surface area contributed by atoms with Crippen LogP contribution in [0.4, 0.5) is 4.39 Å². The van der Waals surface area contributed by atoms with Gasteiger partial charge in [0, 0.05) is 0 Å². The Morgan fingerprint density at radius 3 is 2.65 bits per heavy atom. The SMILES string of the molecule is CCCCCCc1ccc(C(=O)OC)cc1F. The van der Waals surface area contributed by atoms with Crippen LogP contribution in [0, 0.1) is 5.82 Å². The number of rotatable bonds is 6. The first kappa shape index (κ1) is 13.7. The molecule has 0 atom stereocenters. The first-order chi connectivity index (χ1) is 8.19. The monoisotopic (exact) mass is 238 g/mol. The standard InChI is InChI=1S/C14H19FO2/c1-3-4-5-6-7-11-8-9-12(10-13(11)15)14(16)17-2/h8-10H,3-7H2,1-2H3. The van der Waals surface area contributed by atoms with Crippen molar-refractivity contribution in [1.82, 2.24) is 0 Å². The van der Waals surface area contributed by atoms with Crippen LogP contribution in [0.25, 0.3) is 0 Å². The third kappa shape index (κ3) is 4.17. The number of halogens is 1. The van der Waals surface area contributed by atoms with Crippen LogP contribution < -0.4 is 0 Å². The van der Waals surface area contributed by atoms with Crippen molar-refractivity contribution in [3.05, 3.63) is 35.1 Å². The van der Waals surface area contributed by atoms with Gasteiger partial charge in [-0.2, -0.15) is 0 Å². The summed E-state index contributed by atoms with van der Waals surface area (Å²) in [6, 6.07) is 4.54. The Kier molecular flexibility index (Phi) is 5.67. The molecule has 0 aromatic heterocycles. The average molecular weight is 238 g/mol. The Balaban J connectivity index is 2.60. The first-order valence-electron chi connectivity index (χ1n) is 6.05. The van der Waals surface area contributed by atoms with Gasteiger partial charge in [0.25, 0.3) is 0 Å². The minimum atomic E-state index is -0.499. The van der Waals surface area contributed by atoms with Gasteiger partial charge in [0.2, 0.25) is 0 Å². The summed E-state index contributed by atoms with van der Waals surface area (Å²) in [4.78, 5) is 11.2. The molecule has 0 amide bonds. The van der Waals surface area contributed by atoms with Crippen LogP contribution >= 0.6 is 0 Å². The quantitative estimate of drug-likeness (QED) is 0.557. The second-order valence-corrected chi connectivity index (χ2v) is 4.11. The molecule has 0 N–H and O–H groups in total. The number of esters is 1. The lowest BCUT2D eigenvalue weighted by atomic mass is 10.0. The van der Waals surface area contributed by atoms with Crippen LogP contribution in [0.1, 0.15) is 48.5 Å². The van der Waals surface area contributed by atoms with E-state index in [2.05, 4.69) is 11.7 Å². The lowest BCUT2D eigenvalue weighted by molar-refractivity contribution is 0.0600. The number of aryl methyl sites for hydroxylation is 1. The molecule has 1 aromatic carbocycles. The Hall–Kier alpha value is -1.38. The topological polar surface area (TPSA) is 26.3 Å². The fourth-order valence-corrected chi connectivity index (χ4v) is 1.74. The molecule has 0 saturated heterocycles. The van der Waals surface area contributed by atoms with Crippen LogP contribution in [-0.4, -0.2) is 13.1 Å². The Bertz CT molecular complexity index is 374. The van der Waals surface area contributed by atoms with Gasteiger partial charge in [-0.25, -0.2) is 9.18 Å². The minimum absolute atomic E-state index is 0.266. The van der Waals surface area contributed by atoms with E-state index >= 15 is 0 Å². The number of hydrogen-bond acceptors (Lipinski definition) is 2. The van der Waals surface area contributed by atoms with Gasteiger partial charge < -0.3 is 4.74 Å². The molecule has 0 aliphatic carbocycles. The highest BCUT2D eigenvalue weighted by molar-refractivity contribution is 5.89. The summed E-state index contributed by atoms with van der Waals surface area (Å²) in [6.07, 6.45) is 5.19. The van der Waals surface area contributed by atoms with Crippen molar-refractivity contribution in [2.75, 3.05) is 7.11 Å². The Labute approximate surface area is 102 Å². The van der Waals surface area contributed by atoms with Crippen LogP contribution in [0.3, 0.4) is 0 Å². The summed E-state index contributed by atoms with van der Waals surface area (Å²) in [7, 11) is 1.29. The molecule has 0 aliphatic rings. The molecule has 0 spiro atoms. The van der Waals surface area contributed by atoms with E-state index in [1.54, 1.807) is 12.1 Å². The number of unbranched alkanes of at least 4 members (excludes halogenated alkanes) is 3. The molecule has 0 heterocycles. The van der Waals surface area contributed by atoms with E-state index in [0.29, 0.717) is 5.56 Å². The van der Waals surface area contributed by atoms with Crippen molar-refractivity contribution < 1.29 is 13.9 Å². The van der Waals surface area contributed by atoms with Gasteiger partial charge in [-0.15, -0.1) is 0 Å². The molecule has 0 saturated carbocycles. The van der Waals surface area contributed by atoms with Crippen molar-refractivity contribution in [2.24, 2.45) is 0 Å². The van der Waals surface area contributed by atoms with E-state index in [-0.39, 0.29) is 11.4 Å². The zero-order valence-electron chi connectivity index (χ0n) is 10.5. The summed E-state index contributed by atoms with van der Waals surface area (Å²) >= 11 is 0. The highest BCUT2D eigenvalue weighted by Crippen LogP contribution is 2.14. The molecule has 0 fully saturated rings. The van der Waals surface area contributed by atoms with E-state index in [9.17, 15) is 9.18 Å². The van der Waals surface area contributed by atoms with Gasteiger partial charge in [0.1, 0.15) is 5.82 Å². The predicted octanol–water partition coefficient (Wildman–Crippen LogP) is 3.74. The van der Waals surface area contributed by atoms with Gasteiger partial charge in [0.15, 0.2) is 0 Å². The van der Waals surface area contributed by atoms with Gasteiger partial charge in [-0.1, -0.05) is 32.3 Å². The third-order valence-corrected chi connectivity index (χ3v) is 2.77. The van der Waals surface area contributed by atoms with Crippen LogP contribution in [0.2, 0.25) is 0 Å². The minimum Gasteiger partial charge on any atom is -0.465 e. The maximum Gasteiger partial charge on any atom is 0.337 e. The van der Waals surface area contributed by atoms with E-state index < -0.39 is 5.97 Å². The third-order valence-electron chi connectivity index (χ3n) is 2.77. The number of carbonyl (C=O) groups excluding carboxylic acids is 1. The Morgan fingerprint density at radius 2 is 2.06 bits per heavy atom. The second kappa shape index (κ2) is 7.05. The molecular formula is C14H19FO2. The van der Waals surface area contributed by atoms with Crippen molar-refractivity contribution in [1.29, 1.82) is 0 Å². The fourth-order valence-electron chi connectivity index (χ4n) is 1.74. The van der Waals surface area contributed by atoms with Crippen molar-refractivity contribution in [3.8, 4) is 0 Å². The van der Waals surface area contributed by atoms with E-state index in [0.717, 1.165) is 19.3 Å². The van der Waals surface area contributed by atoms with Crippen molar-refractivity contribution >= 4 is 5.97 Å². The maximum absolute atomic E-state index is 13.6. The summed E-state index contributed by atoms with van der Waals surface area (Å²) in [5, 5.41) is 0. The number of methoxy groups -OCH3 is 1. The van der Waals surface area contributed by atoms with Crippen molar-refractivity contribution in [3.63, 3.8) is 0 Å². The summed E-state index contributed by atoms with van der Waals surface area (Å²) in [5.74, 6) is -0.814. The average Bonchev–Trinajstić information content (AvgIpc) is 2.35. The molecule has 0 radical (unpaired) electrons. The Morgan fingerprint density at radius 1 is 1.29 bits per heavy atom. The van der Waals surface area contributed by atoms with Gasteiger partial charge in [-0.05, 0) is 30.5 Å². The number of carbonyl (C=O) groups is 1. The summed E-state index contributed by atoms with van der Waals surface area (Å²) in [6.45, 7) is 2.14. The lowest BCUT2D eigenvalue weighted by Crippen LogP contribution is -2.03. The molecule has 3 heteroatoms. The predicted molar refractivity (Wildman–Crippen MR) is 65.6 cm³/mol. The molecule has 1 aromatic rings. The molecule has 2 nitrogen and oxygen atoms in total. The van der Waals surface area contributed by atoms with Gasteiger partial charge in [-0.3, -0.25) is 0 Å². The summed E-state index contributed by atoms with van der Waals surface area (Å²) in [5.41, 5.74) is 0.941. The second-order valence-electron chi connectivity index (χ2n) is 4.11. The van der Waals surface area contributed by atoms with E-state index in [4.69, 9.17) is 0 Å². The lowest BCUT2D eigenvalue weighted by Gasteiger charge is -2.05. The van der Waals surface area contributed by atoms with Gasteiger partial charge >= 0.3 is 5.97 Å². The molecule has 1 rings (SSSR count). The van der Waals surface area contributed by atoms with E-state index in [1.165, 1.54) is 26.0 Å². The smallest absolute Gasteiger partial charge is 0.337 e. The summed E-state index contributed by atoms with van der Waals surface area (Å²) < 4.78 is 18.2. The molecule has 0 bridgehead atoms. The zero-order chi connectivity index (χ0) is 12.7. The highest BCUT2D eigenvalue weighted by Gasteiger charge is 2.09. The molecule has 0 aliphatic heterocycles. The van der Waals surface area contributed by atoms with Gasteiger partial charge in [0.05, 0.1) is 12.7 Å². The number of ether oxygens (including phenoxy) is 1.